The van der Waals surface area contributed by atoms with Gasteiger partial charge in [0.1, 0.15) is 5.82 Å². The van der Waals surface area contributed by atoms with E-state index in [-0.39, 0.29) is 0 Å². The average Bonchev–Trinajstić information content (AvgIpc) is 3.46. The van der Waals surface area contributed by atoms with Gasteiger partial charge in [0.05, 0.1) is 13.7 Å². The molecule has 1 saturated heterocycles. The summed E-state index contributed by atoms with van der Waals surface area (Å²) in [5.74, 6) is 3.25. The molecule has 7 nitrogen and oxygen atoms in total. The minimum absolute atomic E-state index is 0.532. The Morgan fingerprint density at radius 1 is 1.28 bits per heavy atom. The molecule has 1 aliphatic carbocycles. The van der Waals surface area contributed by atoms with Crippen LogP contribution < -0.4 is 10.6 Å². The third-order valence-electron chi connectivity index (χ3n) is 5.09. The van der Waals surface area contributed by atoms with Crippen LogP contribution in [-0.4, -0.2) is 54.8 Å². The molecule has 1 aromatic rings. The summed E-state index contributed by atoms with van der Waals surface area (Å²) < 4.78 is 13.6. The van der Waals surface area contributed by atoms with Gasteiger partial charge in [0.15, 0.2) is 11.5 Å². The molecule has 2 aliphatic rings. The molecule has 1 aliphatic heterocycles. The number of aryl methyl sites for hydroxylation is 1. The second kappa shape index (κ2) is 10.8. The molecular formula is C21H30IN5O2. The minimum Gasteiger partial charge on any atom is -0.493 e. The summed E-state index contributed by atoms with van der Waals surface area (Å²) in [5.41, 5.74) is 0.888. The van der Waals surface area contributed by atoms with Crippen molar-refractivity contribution in [2.45, 2.75) is 32.2 Å². The summed E-state index contributed by atoms with van der Waals surface area (Å²) in [6, 6.07) is 2.72. The van der Waals surface area contributed by atoms with Crippen molar-refractivity contribution in [3.8, 4) is 0 Å². The van der Waals surface area contributed by atoms with Gasteiger partial charge in [-0.1, -0.05) is 22.6 Å². The number of allylic oxidation sites excluding steroid dienone is 2. The predicted molar refractivity (Wildman–Crippen MR) is 125 cm³/mol. The molecule has 2 heterocycles. The monoisotopic (exact) mass is 511 g/mol. The molecule has 0 spiro atoms. The number of likely N-dealkylation sites (tertiary alicyclic amines) is 1. The van der Waals surface area contributed by atoms with Gasteiger partial charge >= 0.3 is 0 Å². The van der Waals surface area contributed by atoms with Crippen molar-refractivity contribution in [1.29, 1.82) is 0 Å². The molecule has 2 N–H and O–H groups in total. The molecule has 8 heteroatoms. The number of hydrogen-bond donors (Lipinski definition) is 2. The molecule has 1 aromatic heterocycles. The quantitative estimate of drug-likeness (QED) is 0.279. The number of hydrogen-bond acceptors (Lipinski definition) is 7. The van der Waals surface area contributed by atoms with Crippen LogP contribution in [0.1, 0.15) is 25.0 Å². The maximum atomic E-state index is 6.18. The molecule has 2 fully saturated rings. The van der Waals surface area contributed by atoms with Gasteiger partial charge in [-0.2, -0.15) is 4.98 Å². The highest BCUT2D eigenvalue weighted by atomic mass is 127. The second-order valence-electron chi connectivity index (χ2n) is 7.36. The molecule has 0 aromatic carbocycles. The zero-order chi connectivity index (χ0) is 20.6. The lowest BCUT2D eigenvalue weighted by Crippen LogP contribution is -2.23. The van der Waals surface area contributed by atoms with E-state index in [0.717, 1.165) is 24.1 Å². The third kappa shape index (κ3) is 6.60. The number of nitrogens with zero attached hydrogens (tertiary/aromatic N) is 3. The zero-order valence-corrected chi connectivity index (χ0v) is 19.5. The Morgan fingerprint density at radius 2 is 2.10 bits per heavy atom. The van der Waals surface area contributed by atoms with Crippen molar-refractivity contribution < 1.29 is 9.47 Å². The Morgan fingerprint density at radius 3 is 2.79 bits per heavy atom. The summed E-state index contributed by atoms with van der Waals surface area (Å²) in [4.78, 5) is 11.4. The van der Waals surface area contributed by atoms with E-state index in [1.165, 1.54) is 25.8 Å². The van der Waals surface area contributed by atoms with Gasteiger partial charge < -0.3 is 20.1 Å². The Labute approximate surface area is 186 Å². The first-order valence-electron chi connectivity index (χ1n) is 10.0. The first kappa shape index (κ1) is 21.9. The summed E-state index contributed by atoms with van der Waals surface area (Å²) in [5, 5.41) is 6.16. The van der Waals surface area contributed by atoms with Crippen LogP contribution in [0.4, 0.5) is 11.8 Å². The highest BCUT2D eigenvalue weighted by Gasteiger charge is 2.34. The third-order valence-corrected chi connectivity index (χ3v) is 5.45. The number of nitrogens with one attached hydrogen (secondary N) is 2. The maximum Gasteiger partial charge on any atom is 0.228 e. The van der Waals surface area contributed by atoms with Gasteiger partial charge in [-0.15, -0.1) is 0 Å². The van der Waals surface area contributed by atoms with Crippen molar-refractivity contribution in [3.05, 3.63) is 45.7 Å². The molecule has 0 amide bonds. The fourth-order valence-electron chi connectivity index (χ4n) is 3.44. The van der Waals surface area contributed by atoms with Gasteiger partial charge in [-0.05, 0) is 42.9 Å². The Balaban J connectivity index is 1.64. The Bertz CT molecular complexity index is 776. The smallest absolute Gasteiger partial charge is 0.228 e. The normalized spacial score (nSPS) is 20.9. The number of anilines is 2. The van der Waals surface area contributed by atoms with E-state index in [1.807, 2.05) is 36.3 Å². The van der Waals surface area contributed by atoms with E-state index in [2.05, 4.69) is 48.1 Å². The fraction of sp³-hybridized carbons (Fsp3) is 0.524. The van der Waals surface area contributed by atoms with Gasteiger partial charge in [0.2, 0.25) is 5.95 Å². The van der Waals surface area contributed by atoms with Crippen molar-refractivity contribution >= 4 is 34.4 Å². The van der Waals surface area contributed by atoms with E-state index in [1.54, 1.807) is 13.3 Å². The largest absolute Gasteiger partial charge is 0.493 e. The maximum absolute atomic E-state index is 6.18. The lowest BCUT2D eigenvalue weighted by atomic mass is 10.1. The number of ether oxygens (including phenoxy) is 2. The SMILES string of the molecule is CNc1cc(C)nc(N/C=C/C(OC[C@H]2CCN(C3CC3)C2)=C(\C=C/I)OC)n1. The van der Waals surface area contributed by atoms with Gasteiger partial charge in [0, 0.05) is 49.6 Å². The summed E-state index contributed by atoms with van der Waals surface area (Å²) in [7, 11) is 3.49. The van der Waals surface area contributed by atoms with E-state index in [0.29, 0.717) is 30.0 Å². The van der Waals surface area contributed by atoms with Crippen molar-refractivity contribution in [3.63, 3.8) is 0 Å². The first-order valence-corrected chi connectivity index (χ1v) is 11.3. The van der Waals surface area contributed by atoms with E-state index >= 15 is 0 Å². The fourth-order valence-corrected chi connectivity index (χ4v) is 3.77. The molecule has 3 rings (SSSR count). The number of aromatic nitrogens is 2. The van der Waals surface area contributed by atoms with Crippen LogP contribution in [0.3, 0.4) is 0 Å². The molecule has 0 unspecified atom stereocenters. The average molecular weight is 511 g/mol. The summed E-state index contributed by atoms with van der Waals surface area (Å²) >= 11 is 2.18. The van der Waals surface area contributed by atoms with Crippen molar-refractivity contribution in [1.82, 2.24) is 14.9 Å². The van der Waals surface area contributed by atoms with Crippen LogP contribution in [0.25, 0.3) is 0 Å². The molecule has 0 bridgehead atoms. The van der Waals surface area contributed by atoms with Crippen molar-refractivity contribution in [2.24, 2.45) is 5.92 Å². The Kier molecular flexibility index (Phi) is 8.17. The molecule has 1 atom stereocenters. The van der Waals surface area contributed by atoms with Crippen LogP contribution in [0, 0.1) is 12.8 Å². The Hall–Kier alpha value is -1.81. The van der Waals surface area contributed by atoms with Crippen LogP contribution in [-0.2, 0) is 9.47 Å². The highest BCUT2D eigenvalue weighted by molar-refractivity contribution is 14.1. The molecule has 29 heavy (non-hydrogen) atoms. The summed E-state index contributed by atoms with van der Waals surface area (Å²) in [6.07, 6.45) is 9.46. The lowest BCUT2D eigenvalue weighted by Gasteiger charge is -2.16. The van der Waals surface area contributed by atoms with E-state index in [9.17, 15) is 0 Å². The van der Waals surface area contributed by atoms with Crippen LogP contribution in [0.15, 0.2) is 40.0 Å². The van der Waals surface area contributed by atoms with Gasteiger partial charge in [-0.3, -0.25) is 4.90 Å². The minimum atomic E-state index is 0.532. The topological polar surface area (TPSA) is 71.5 Å². The van der Waals surface area contributed by atoms with Crippen LogP contribution in [0.2, 0.25) is 0 Å². The number of halogens is 1. The van der Waals surface area contributed by atoms with Crippen LogP contribution >= 0.6 is 22.6 Å². The lowest BCUT2D eigenvalue weighted by molar-refractivity contribution is 0.155. The molecule has 0 radical (unpaired) electrons. The second-order valence-corrected chi connectivity index (χ2v) is 8.08. The molecule has 1 saturated carbocycles. The first-order chi connectivity index (χ1) is 14.1. The van der Waals surface area contributed by atoms with Gasteiger partial charge in [0.25, 0.3) is 0 Å². The molecule has 158 valence electrons. The van der Waals surface area contributed by atoms with Crippen LogP contribution in [0.5, 0.6) is 0 Å². The highest BCUT2D eigenvalue weighted by Crippen LogP contribution is 2.32. The number of methoxy groups -OCH3 is 1. The van der Waals surface area contributed by atoms with E-state index in [4.69, 9.17) is 9.47 Å². The van der Waals surface area contributed by atoms with Gasteiger partial charge in [-0.25, -0.2) is 4.98 Å². The number of rotatable bonds is 10. The van der Waals surface area contributed by atoms with Crippen molar-refractivity contribution in [2.75, 3.05) is 44.5 Å². The standard InChI is InChI=1S/C21H30IN5O2/c1-15-12-20(23-2)26-21(25-15)24-10-7-19(18(28-3)6-9-22)29-14-16-8-11-27(13-16)17-4-5-17/h6-7,9-10,12,16-17H,4-5,8,11,13-14H2,1-3H3,(H2,23,24,25,26)/b9-6-,10-7+,19-18-/t16-/m0/s1. The van der Waals surface area contributed by atoms with E-state index < -0.39 is 0 Å². The summed E-state index contributed by atoms with van der Waals surface area (Å²) in [6.45, 7) is 4.95. The predicted octanol–water partition coefficient (Wildman–Crippen LogP) is 4.06. The zero-order valence-electron chi connectivity index (χ0n) is 17.3. The molecular weight excluding hydrogens is 481 g/mol.